The summed E-state index contributed by atoms with van der Waals surface area (Å²) >= 11 is 0. The summed E-state index contributed by atoms with van der Waals surface area (Å²) in [4.78, 5) is 12.1. The van der Waals surface area contributed by atoms with Crippen LogP contribution < -0.4 is 5.73 Å². The van der Waals surface area contributed by atoms with Gasteiger partial charge in [0.05, 0.1) is 0 Å². The molecule has 2 amide bonds. The van der Waals surface area contributed by atoms with E-state index in [0.717, 1.165) is 13.0 Å². The lowest BCUT2D eigenvalue weighted by atomic mass is 10.0. The predicted octanol–water partition coefficient (Wildman–Crippen LogP) is -0.478. The van der Waals surface area contributed by atoms with Gasteiger partial charge in [0.25, 0.3) is 0 Å². The molecule has 0 spiro atoms. The number of urea groups is 1. The second kappa shape index (κ2) is 2.88. The number of rotatable bonds is 2. The van der Waals surface area contributed by atoms with Crippen LogP contribution in [0.4, 0.5) is 4.79 Å². The summed E-state index contributed by atoms with van der Waals surface area (Å²) in [5, 5.41) is 8.52. The Balaban J connectivity index is 2.28. The second-order valence-electron chi connectivity index (χ2n) is 2.49. The zero-order chi connectivity index (χ0) is 7.56. The Bertz CT molecular complexity index is 138. The largest absolute Gasteiger partial charge is 0.396 e. The zero-order valence-corrected chi connectivity index (χ0v) is 5.79. The van der Waals surface area contributed by atoms with Gasteiger partial charge in [-0.3, -0.25) is 0 Å². The third kappa shape index (κ3) is 1.21. The van der Waals surface area contributed by atoms with Crippen LogP contribution in [-0.4, -0.2) is 35.2 Å². The first-order valence-electron chi connectivity index (χ1n) is 3.42. The standard InChI is InChI=1S/C6H12N2O2/c7-6(10)8-3-1-5(8)2-4-9/h5,9H,1-4H2,(H2,7,10). The molecule has 1 atom stereocenters. The van der Waals surface area contributed by atoms with Crippen LogP contribution in [0.2, 0.25) is 0 Å². The number of aliphatic hydroxyl groups is 1. The van der Waals surface area contributed by atoms with Gasteiger partial charge in [-0.15, -0.1) is 0 Å². The van der Waals surface area contributed by atoms with Gasteiger partial charge in [-0.05, 0) is 12.8 Å². The van der Waals surface area contributed by atoms with E-state index in [9.17, 15) is 4.79 Å². The van der Waals surface area contributed by atoms with Crippen molar-refractivity contribution in [2.24, 2.45) is 5.73 Å². The van der Waals surface area contributed by atoms with Gasteiger partial charge in [0.15, 0.2) is 0 Å². The Morgan fingerprint density at radius 2 is 2.50 bits per heavy atom. The molecule has 0 bridgehead atoms. The fourth-order valence-corrected chi connectivity index (χ4v) is 1.18. The van der Waals surface area contributed by atoms with Gasteiger partial charge in [-0.2, -0.15) is 0 Å². The van der Waals surface area contributed by atoms with E-state index in [0.29, 0.717) is 6.42 Å². The lowest BCUT2D eigenvalue weighted by molar-refractivity contribution is 0.101. The first-order valence-corrected chi connectivity index (χ1v) is 3.42. The van der Waals surface area contributed by atoms with E-state index in [1.807, 2.05) is 0 Å². The van der Waals surface area contributed by atoms with E-state index in [2.05, 4.69) is 0 Å². The van der Waals surface area contributed by atoms with E-state index in [-0.39, 0.29) is 18.7 Å². The smallest absolute Gasteiger partial charge is 0.315 e. The molecule has 4 heteroatoms. The lowest BCUT2D eigenvalue weighted by Crippen LogP contribution is -2.53. The summed E-state index contributed by atoms with van der Waals surface area (Å²) in [5.74, 6) is 0. The van der Waals surface area contributed by atoms with Crippen molar-refractivity contribution in [3.05, 3.63) is 0 Å². The summed E-state index contributed by atoms with van der Waals surface area (Å²) in [6.45, 7) is 0.883. The van der Waals surface area contributed by atoms with Gasteiger partial charge in [-0.1, -0.05) is 0 Å². The first-order chi connectivity index (χ1) is 4.75. The molecule has 1 fully saturated rings. The molecule has 0 aromatic rings. The van der Waals surface area contributed by atoms with Crippen LogP contribution >= 0.6 is 0 Å². The number of nitrogens with two attached hydrogens (primary N) is 1. The van der Waals surface area contributed by atoms with Gasteiger partial charge in [0, 0.05) is 19.2 Å². The van der Waals surface area contributed by atoms with Crippen molar-refractivity contribution in [3.8, 4) is 0 Å². The molecule has 0 saturated carbocycles. The highest BCUT2D eigenvalue weighted by Gasteiger charge is 2.29. The minimum Gasteiger partial charge on any atom is -0.396 e. The van der Waals surface area contributed by atoms with Gasteiger partial charge in [0.2, 0.25) is 0 Å². The van der Waals surface area contributed by atoms with E-state index >= 15 is 0 Å². The number of carbonyl (C=O) groups is 1. The molecule has 1 aliphatic rings. The van der Waals surface area contributed by atoms with Crippen molar-refractivity contribution in [1.29, 1.82) is 0 Å². The van der Waals surface area contributed by atoms with Crippen LogP contribution in [0.5, 0.6) is 0 Å². The molecule has 58 valence electrons. The molecule has 4 nitrogen and oxygen atoms in total. The van der Waals surface area contributed by atoms with E-state index < -0.39 is 0 Å². The molecule has 0 aromatic heterocycles. The average Bonchev–Trinajstić information content (AvgIpc) is 1.78. The van der Waals surface area contributed by atoms with Crippen molar-refractivity contribution < 1.29 is 9.90 Å². The quantitative estimate of drug-likeness (QED) is 0.549. The van der Waals surface area contributed by atoms with Crippen molar-refractivity contribution in [3.63, 3.8) is 0 Å². The zero-order valence-electron chi connectivity index (χ0n) is 5.79. The number of likely N-dealkylation sites (tertiary alicyclic amines) is 1. The summed E-state index contributed by atoms with van der Waals surface area (Å²) in [7, 11) is 0. The molecule has 1 rings (SSSR count). The number of primary amides is 1. The van der Waals surface area contributed by atoms with Crippen LogP contribution in [-0.2, 0) is 0 Å². The molecule has 1 aliphatic heterocycles. The van der Waals surface area contributed by atoms with E-state index in [1.165, 1.54) is 0 Å². The Morgan fingerprint density at radius 3 is 2.80 bits per heavy atom. The van der Waals surface area contributed by atoms with E-state index in [1.54, 1.807) is 4.90 Å². The molecule has 3 N–H and O–H groups in total. The van der Waals surface area contributed by atoms with Crippen LogP contribution in [0.15, 0.2) is 0 Å². The van der Waals surface area contributed by atoms with Gasteiger partial charge >= 0.3 is 6.03 Å². The monoisotopic (exact) mass is 144 g/mol. The van der Waals surface area contributed by atoms with Gasteiger partial charge in [0.1, 0.15) is 0 Å². The highest BCUT2D eigenvalue weighted by molar-refractivity contribution is 5.73. The van der Waals surface area contributed by atoms with Crippen LogP contribution in [0.25, 0.3) is 0 Å². The maximum Gasteiger partial charge on any atom is 0.315 e. The third-order valence-electron chi connectivity index (χ3n) is 1.89. The molecular weight excluding hydrogens is 132 g/mol. The highest BCUT2D eigenvalue weighted by atomic mass is 16.3. The summed E-state index contributed by atoms with van der Waals surface area (Å²) < 4.78 is 0. The Kier molecular flexibility index (Phi) is 2.11. The Hall–Kier alpha value is -0.770. The van der Waals surface area contributed by atoms with Crippen LogP contribution in [0.3, 0.4) is 0 Å². The van der Waals surface area contributed by atoms with E-state index in [4.69, 9.17) is 10.8 Å². The van der Waals surface area contributed by atoms with Crippen LogP contribution in [0, 0.1) is 0 Å². The molecule has 1 heterocycles. The van der Waals surface area contributed by atoms with Crippen molar-refractivity contribution in [1.82, 2.24) is 4.90 Å². The predicted molar refractivity (Wildman–Crippen MR) is 36.4 cm³/mol. The number of amides is 2. The molecule has 10 heavy (non-hydrogen) atoms. The summed E-state index contributed by atoms with van der Waals surface area (Å²) in [5.41, 5.74) is 5.02. The summed E-state index contributed by atoms with van der Waals surface area (Å²) in [6, 6.07) is -0.174. The maximum atomic E-state index is 10.5. The first kappa shape index (κ1) is 7.34. The molecule has 0 radical (unpaired) electrons. The number of hydrogen-bond acceptors (Lipinski definition) is 2. The average molecular weight is 144 g/mol. The number of carbonyl (C=O) groups excluding carboxylic acids is 1. The number of hydrogen-bond donors (Lipinski definition) is 2. The third-order valence-corrected chi connectivity index (χ3v) is 1.89. The van der Waals surface area contributed by atoms with Crippen LogP contribution in [0.1, 0.15) is 12.8 Å². The molecular formula is C6H12N2O2. The fourth-order valence-electron chi connectivity index (χ4n) is 1.18. The number of nitrogens with zero attached hydrogens (tertiary/aromatic N) is 1. The highest BCUT2D eigenvalue weighted by Crippen LogP contribution is 2.18. The van der Waals surface area contributed by atoms with Crippen molar-refractivity contribution in [2.75, 3.05) is 13.2 Å². The fraction of sp³-hybridized carbons (Fsp3) is 0.833. The van der Waals surface area contributed by atoms with Gasteiger partial charge in [-0.25, -0.2) is 4.79 Å². The molecule has 1 saturated heterocycles. The minimum absolute atomic E-state index is 0.133. The topological polar surface area (TPSA) is 66.6 Å². The minimum atomic E-state index is -0.371. The normalized spacial score (nSPS) is 24.1. The Labute approximate surface area is 59.6 Å². The second-order valence-corrected chi connectivity index (χ2v) is 2.49. The number of aliphatic hydroxyl groups excluding tert-OH is 1. The summed E-state index contributed by atoms with van der Waals surface area (Å²) in [6.07, 6.45) is 1.63. The SMILES string of the molecule is NC(=O)N1CCC1CCO. The maximum absolute atomic E-state index is 10.5. The molecule has 1 unspecified atom stereocenters. The van der Waals surface area contributed by atoms with Gasteiger partial charge < -0.3 is 15.7 Å². The molecule has 0 aliphatic carbocycles. The Morgan fingerprint density at radius 1 is 1.80 bits per heavy atom. The lowest BCUT2D eigenvalue weighted by Gasteiger charge is -2.39. The van der Waals surface area contributed by atoms with Crippen molar-refractivity contribution in [2.45, 2.75) is 18.9 Å². The van der Waals surface area contributed by atoms with Crippen molar-refractivity contribution >= 4 is 6.03 Å². The molecule has 0 aromatic carbocycles.